The fraction of sp³-hybridized carbons (Fsp3) is 0.722. The molecule has 0 unspecified atom stereocenters. The highest BCUT2D eigenvalue weighted by atomic mass is 16.6. The predicted octanol–water partition coefficient (Wildman–Crippen LogP) is 3.38. The first kappa shape index (κ1) is 18.5. The molecule has 1 fully saturated rings. The number of hydrogen-bond acceptors (Lipinski definition) is 5. The quantitative estimate of drug-likeness (QED) is 0.843. The molecule has 0 radical (unpaired) electrons. The molecule has 1 aromatic heterocycles. The molecule has 6 heteroatoms. The van der Waals surface area contributed by atoms with Gasteiger partial charge in [-0.05, 0) is 39.0 Å². The number of likely N-dealkylation sites (tertiary alicyclic amines) is 1. The summed E-state index contributed by atoms with van der Waals surface area (Å²) in [5.41, 5.74) is 0.398. The van der Waals surface area contributed by atoms with E-state index < -0.39 is 17.7 Å². The normalized spacial score (nSPS) is 18.2. The van der Waals surface area contributed by atoms with Gasteiger partial charge in [0.15, 0.2) is 5.78 Å². The first-order chi connectivity index (χ1) is 10.9. The van der Waals surface area contributed by atoms with Crippen LogP contribution in [0.3, 0.4) is 0 Å². The van der Waals surface area contributed by atoms with Crippen LogP contribution in [0.15, 0.2) is 10.6 Å². The number of carbonyl (C=O) groups excluding carboxylic acids is 2. The van der Waals surface area contributed by atoms with Crippen LogP contribution in [0.5, 0.6) is 0 Å². The molecule has 1 amide bonds. The molecule has 6 nitrogen and oxygen atoms in total. The van der Waals surface area contributed by atoms with Crippen molar-refractivity contribution in [1.82, 2.24) is 10.1 Å². The third-order valence-electron chi connectivity index (χ3n) is 3.69. The Morgan fingerprint density at radius 2 is 1.96 bits per heavy atom. The van der Waals surface area contributed by atoms with Crippen LogP contribution >= 0.6 is 0 Å². The van der Waals surface area contributed by atoms with Crippen molar-refractivity contribution in [3.05, 3.63) is 17.5 Å². The van der Waals surface area contributed by atoms with Crippen LogP contribution in [0.2, 0.25) is 0 Å². The van der Waals surface area contributed by atoms with Gasteiger partial charge in [0, 0.05) is 12.6 Å². The second kappa shape index (κ2) is 6.57. The summed E-state index contributed by atoms with van der Waals surface area (Å²) in [4.78, 5) is 26.0. The van der Waals surface area contributed by atoms with Gasteiger partial charge in [0.1, 0.15) is 11.4 Å². The van der Waals surface area contributed by atoms with Crippen molar-refractivity contribution in [2.24, 2.45) is 5.41 Å². The van der Waals surface area contributed by atoms with Crippen LogP contribution in [0, 0.1) is 5.41 Å². The lowest BCUT2D eigenvalue weighted by molar-refractivity contribution is -0.128. The minimum absolute atomic E-state index is 0.0365. The topological polar surface area (TPSA) is 72.6 Å². The van der Waals surface area contributed by atoms with Crippen molar-refractivity contribution in [2.45, 2.75) is 72.4 Å². The second-order valence-electron chi connectivity index (χ2n) is 8.64. The van der Waals surface area contributed by atoms with E-state index in [9.17, 15) is 9.59 Å². The fourth-order valence-electron chi connectivity index (χ4n) is 2.62. The number of hydrogen-bond donors (Lipinski definition) is 0. The van der Waals surface area contributed by atoms with Crippen molar-refractivity contribution in [3.63, 3.8) is 0 Å². The maximum atomic E-state index is 12.4. The van der Waals surface area contributed by atoms with Crippen molar-refractivity contribution >= 4 is 11.9 Å². The Morgan fingerprint density at radius 3 is 2.46 bits per heavy atom. The van der Waals surface area contributed by atoms with E-state index in [4.69, 9.17) is 9.26 Å². The van der Waals surface area contributed by atoms with E-state index in [1.807, 2.05) is 26.8 Å². The molecule has 1 saturated heterocycles. The number of ketones is 1. The fourth-order valence-corrected chi connectivity index (χ4v) is 2.62. The highest BCUT2D eigenvalue weighted by molar-refractivity contribution is 5.90. The van der Waals surface area contributed by atoms with E-state index in [2.05, 4.69) is 25.9 Å². The monoisotopic (exact) mass is 336 g/mol. The molecule has 0 N–H and O–H groups in total. The molecule has 0 saturated carbocycles. The Labute approximate surface area is 143 Å². The standard InChI is InChI=1S/C18H28N2O4/c1-17(2,3)11-12-9-13(24-19-12)10-15(21)14-7-8-20(14)16(22)23-18(4,5)6/h9,14H,7-8,10-11H2,1-6H3/t14-/m0/s1. The summed E-state index contributed by atoms with van der Waals surface area (Å²) in [7, 11) is 0. The smallest absolute Gasteiger partial charge is 0.410 e. The Kier molecular flexibility index (Phi) is 5.06. The van der Waals surface area contributed by atoms with E-state index in [1.165, 1.54) is 4.90 Å². The number of nitrogens with zero attached hydrogens (tertiary/aromatic N) is 2. The molecule has 0 spiro atoms. The Morgan fingerprint density at radius 1 is 1.29 bits per heavy atom. The molecule has 0 bridgehead atoms. The SMILES string of the molecule is CC(C)(C)Cc1cc(CC(=O)[C@@H]2CCN2C(=O)OC(C)(C)C)on1. The van der Waals surface area contributed by atoms with Gasteiger partial charge in [0.25, 0.3) is 0 Å². The summed E-state index contributed by atoms with van der Waals surface area (Å²) in [6, 6.07) is 1.41. The summed E-state index contributed by atoms with van der Waals surface area (Å²) in [5.74, 6) is 0.515. The molecule has 2 heterocycles. The van der Waals surface area contributed by atoms with Gasteiger partial charge in [-0.25, -0.2) is 4.79 Å². The third kappa shape index (κ3) is 5.08. The molecule has 0 aromatic carbocycles. The van der Waals surface area contributed by atoms with Crippen molar-refractivity contribution in [3.8, 4) is 0 Å². The maximum Gasteiger partial charge on any atom is 0.410 e. The number of Topliss-reactive ketones (excluding diaryl/α,β-unsaturated/α-hetero) is 1. The Balaban J connectivity index is 1.92. The largest absolute Gasteiger partial charge is 0.444 e. The average Bonchev–Trinajstić information content (AvgIpc) is 2.68. The molecule has 1 aliphatic rings. The van der Waals surface area contributed by atoms with Crippen molar-refractivity contribution < 1.29 is 18.8 Å². The highest BCUT2D eigenvalue weighted by Crippen LogP contribution is 2.24. The molecule has 1 aliphatic heterocycles. The van der Waals surface area contributed by atoms with E-state index in [0.29, 0.717) is 18.7 Å². The summed E-state index contributed by atoms with van der Waals surface area (Å²) in [6.45, 7) is 12.4. The number of carbonyl (C=O) groups is 2. The van der Waals surface area contributed by atoms with E-state index >= 15 is 0 Å². The zero-order valence-corrected chi connectivity index (χ0v) is 15.5. The first-order valence-corrected chi connectivity index (χ1v) is 8.41. The van der Waals surface area contributed by atoms with Gasteiger partial charge in [-0.1, -0.05) is 25.9 Å². The van der Waals surface area contributed by atoms with E-state index in [0.717, 1.165) is 12.1 Å². The van der Waals surface area contributed by atoms with Gasteiger partial charge in [0.05, 0.1) is 18.2 Å². The molecule has 1 aromatic rings. The summed E-state index contributed by atoms with van der Waals surface area (Å²) < 4.78 is 10.6. The van der Waals surface area contributed by atoms with Crippen LogP contribution in [-0.4, -0.2) is 40.1 Å². The van der Waals surface area contributed by atoms with Crippen LogP contribution in [0.1, 0.15) is 59.4 Å². The second-order valence-corrected chi connectivity index (χ2v) is 8.64. The van der Waals surface area contributed by atoms with Crippen molar-refractivity contribution in [2.75, 3.05) is 6.54 Å². The van der Waals surface area contributed by atoms with Gasteiger partial charge in [-0.15, -0.1) is 0 Å². The number of amides is 1. The minimum atomic E-state index is -0.562. The lowest BCUT2D eigenvalue weighted by Crippen LogP contribution is -2.56. The van der Waals surface area contributed by atoms with E-state index in [-0.39, 0.29) is 17.6 Å². The summed E-state index contributed by atoms with van der Waals surface area (Å²) in [5, 5.41) is 4.03. The zero-order valence-electron chi connectivity index (χ0n) is 15.5. The van der Waals surface area contributed by atoms with Gasteiger partial charge in [-0.2, -0.15) is 0 Å². The molecule has 134 valence electrons. The zero-order chi connectivity index (χ0) is 18.1. The number of aromatic nitrogens is 1. The predicted molar refractivity (Wildman–Crippen MR) is 89.7 cm³/mol. The van der Waals surface area contributed by atoms with Gasteiger partial charge in [-0.3, -0.25) is 9.69 Å². The molecule has 0 aliphatic carbocycles. The number of ether oxygens (including phenoxy) is 1. The van der Waals surface area contributed by atoms with Gasteiger partial charge in [0.2, 0.25) is 0 Å². The molecular formula is C18H28N2O4. The average molecular weight is 336 g/mol. The minimum Gasteiger partial charge on any atom is -0.444 e. The number of rotatable bonds is 4. The lowest BCUT2D eigenvalue weighted by Gasteiger charge is -2.40. The molecule has 1 atom stereocenters. The lowest BCUT2D eigenvalue weighted by atomic mass is 9.90. The summed E-state index contributed by atoms with van der Waals surface area (Å²) in [6.07, 6.45) is 1.18. The third-order valence-corrected chi connectivity index (χ3v) is 3.69. The van der Waals surface area contributed by atoms with Gasteiger partial charge < -0.3 is 9.26 Å². The summed E-state index contributed by atoms with van der Waals surface area (Å²) >= 11 is 0. The van der Waals surface area contributed by atoms with Crippen LogP contribution < -0.4 is 0 Å². The molecule has 2 rings (SSSR count). The van der Waals surface area contributed by atoms with Gasteiger partial charge >= 0.3 is 6.09 Å². The van der Waals surface area contributed by atoms with Crippen LogP contribution in [0.25, 0.3) is 0 Å². The Bertz CT molecular complexity index is 607. The first-order valence-electron chi connectivity index (χ1n) is 8.41. The highest BCUT2D eigenvalue weighted by Gasteiger charge is 2.39. The maximum absolute atomic E-state index is 12.4. The molecular weight excluding hydrogens is 308 g/mol. The van der Waals surface area contributed by atoms with E-state index in [1.54, 1.807) is 0 Å². The van der Waals surface area contributed by atoms with Crippen molar-refractivity contribution in [1.29, 1.82) is 0 Å². The Hall–Kier alpha value is -1.85. The van der Waals surface area contributed by atoms with Crippen LogP contribution in [-0.2, 0) is 22.4 Å². The molecule has 24 heavy (non-hydrogen) atoms. The van der Waals surface area contributed by atoms with Crippen LogP contribution in [0.4, 0.5) is 4.79 Å².